The van der Waals surface area contributed by atoms with Crippen LogP contribution in [0.1, 0.15) is 46.1 Å². The van der Waals surface area contributed by atoms with Gasteiger partial charge in [0.05, 0.1) is 6.04 Å². The van der Waals surface area contributed by atoms with Crippen molar-refractivity contribution in [3.05, 3.63) is 36.0 Å². The number of benzene rings is 1. The van der Waals surface area contributed by atoms with Gasteiger partial charge in [0.2, 0.25) is 17.7 Å². The van der Waals surface area contributed by atoms with Crippen molar-refractivity contribution < 1.29 is 24.3 Å². The standard InChI is InChI=1S/C27H41N5O5S/c1-6-16(4)23(32-24(33)19(28)11-12-38-5)26(35)30-21(25(34)31-22(15(2)3)27(36)37)13-17-14-29-20-10-8-7-9-18(17)20/h7-10,14-16,19,21-23,29H,6,11-13,28H2,1-5H3,(H,30,35)(H,31,34)(H,32,33)(H,36,37). The van der Waals surface area contributed by atoms with Gasteiger partial charge in [0.1, 0.15) is 18.1 Å². The average molecular weight is 548 g/mol. The minimum absolute atomic E-state index is 0.125. The van der Waals surface area contributed by atoms with Crippen LogP contribution in [0.2, 0.25) is 0 Å². The lowest BCUT2D eigenvalue weighted by molar-refractivity contribution is -0.143. The van der Waals surface area contributed by atoms with Gasteiger partial charge in [0.25, 0.3) is 0 Å². The number of H-pyrrole nitrogens is 1. The number of carboxylic acids is 1. The number of fused-ring (bicyclic) bond motifs is 1. The van der Waals surface area contributed by atoms with E-state index in [0.29, 0.717) is 18.6 Å². The first-order valence-electron chi connectivity index (χ1n) is 12.9. The van der Waals surface area contributed by atoms with Gasteiger partial charge in [-0.15, -0.1) is 0 Å². The van der Waals surface area contributed by atoms with Gasteiger partial charge in [-0.1, -0.05) is 52.3 Å². The predicted octanol–water partition coefficient (Wildman–Crippen LogP) is 2.03. The number of aromatic nitrogens is 1. The van der Waals surface area contributed by atoms with Crippen LogP contribution in [0.4, 0.5) is 0 Å². The summed E-state index contributed by atoms with van der Waals surface area (Å²) in [6, 6.07) is 3.71. The van der Waals surface area contributed by atoms with E-state index >= 15 is 0 Å². The molecular weight excluding hydrogens is 506 g/mol. The highest BCUT2D eigenvalue weighted by Crippen LogP contribution is 2.20. The number of rotatable bonds is 15. The van der Waals surface area contributed by atoms with E-state index in [-0.39, 0.29) is 18.3 Å². The number of nitrogens with one attached hydrogen (secondary N) is 4. The number of carboxylic acid groups (broad SMARTS) is 1. The molecule has 2 rings (SSSR count). The Kier molecular flexibility index (Phi) is 12.1. The highest BCUT2D eigenvalue weighted by Gasteiger charge is 2.33. The van der Waals surface area contributed by atoms with E-state index in [1.807, 2.05) is 44.4 Å². The SMILES string of the molecule is CCC(C)C(NC(=O)C(N)CCSC)C(=O)NC(Cc1c[nH]c2ccccc12)C(=O)NC(C(=O)O)C(C)C. The molecule has 0 bridgehead atoms. The number of nitrogens with two attached hydrogens (primary N) is 1. The van der Waals surface area contributed by atoms with Crippen LogP contribution in [0.3, 0.4) is 0 Å². The van der Waals surface area contributed by atoms with Crippen molar-refractivity contribution in [1.82, 2.24) is 20.9 Å². The fraction of sp³-hybridized carbons (Fsp3) is 0.556. The monoisotopic (exact) mass is 547 g/mol. The van der Waals surface area contributed by atoms with Crippen molar-refractivity contribution in [3.8, 4) is 0 Å². The number of aliphatic carboxylic acids is 1. The van der Waals surface area contributed by atoms with Crippen molar-refractivity contribution in [2.24, 2.45) is 17.6 Å². The third kappa shape index (κ3) is 8.49. The summed E-state index contributed by atoms with van der Waals surface area (Å²) in [5.74, 6) is -2.61. The predicted molar refractivity (Wildman–Crippen MR) is 151 cm³/mol. The summed E-state index contributed by atoms with van der Waals surface area (Å²) in [7, 11) is 0. The molecule has 0 aliphatic carbocycles. The molecule has 10 nitrogen and oxygen atoms in total. The summed E-state index contributed by atoms with van der Waals surface area (Å²) in [6.45, 7) is 7.13. The third-order valence-corrected chi connectivity index (χ3v) is 7.37. The van der Waals surface area contributed by atoms with Crippen LogP contribution in [0, 0.1) is 11.8 Å². The summed E-state index contributed by atoms with van der Waals surface area (Å²) in [4.78, 5) is 54.5. The average Bonchev–Trinajstić information content (AvgIpc) is 3.29. The molecular formula is C27H41N5O5S. The van der Waals surface area contributed by atoms with Crippen LogP contribution in [-0.2, 0) is 25.6 Å². The van der Waals surface area contributed by atoms with E-state index in [1.165, 1.54) is 0 Å². The summed E-state index contributed by atoms with van der Waals surface area (Å²) in [6.07, 6.45) is 4.89. The molecule has 5 atom stereocenters. The number of carbonyl (C=O) groups is 4. The van der Waals surface area contributed by atoms with Crippen molar-refractivity contribution in [2.75, 3.05) is 12.0 Å². The van der Waals surface area contributed by atoms with Gasteiger partial charge >= 0.3 is 5.97 Å². The van der Waals surface area contributed by atoms with Gasteiger partial charge in [-0.05, 0) is 41.9 Å². The Morgan fingerprint density at radius 1 is 1.00 bits per heavy atom. The van der Waals surface area contributed by atoms with Crippen molar-refractivity contribution in [3.63, 3.8) is 0 Å². The first-order chi connectivity index (χ1) is 18.0. The number of carbonyl (C=O) groups excluding carboxylic acids is 3. The largest absolute Gasteiger partial charge is 0.480 e. The van der Waals surface area contributed by atoms with E-state index in [0.717, 1.165) is 16.5 Å². The van der Waals surface area contributed by atoms with Crippen LogP contribution >= 0.6 is 11.8 Å². The van der Waals surface area contributed by atoms with E-state index in [2.05, 4.69) is 20.9 Å². The molecule has 0 saturated carbocycles. The third-order valence-electron chi connectivity index (χ3n) is 6.73. The molecule has 0 aliphatic heterocycles. The van der Waals surface area contributed by atoms with E-state index in [9.17, 15) is 24.3 Å². The number of amides is 3. The molecule has 5 unspecified atom stereocenters. The highest BCUT2D eigenvalue weighted by atomic mass is 32.2. The van der Waals surface area contributed by atoms with Gasteiger partial charge in [0.15, 0.2) is 0 Å². The van der Waals surface area contributed by atoms with Crippen molar-refractivity contribution >= 4 is 46.4 Å². The Labute approximate surface area is 228 Å². The Hall–Kier alpha value is -3.05. The summed E-state index contributed by atoms with van der Waals surface area (Å²) in [5.41, 5.74) is 7.69. The number of thioether (sulfide) groups is 1. The highest BCUT2D eigenvalue weighted by molar-refractivity contribution is 7.98. The van der Waals surface area contributed by atoms with Crippen LogP contribution in [0.25, 0.3) is 10.9 Å². The number of hydrogen-bond acceptors (Lipinski definition) is 6. The molecule has 0 radical (unpaired) electrons. The Bertz CT molecular complexity index is 1100. The normalized spacial score (nSPS) is 15.3. The summed E-state index contributed by atoms with van der Waals surface area (Å²) >= 11 is 1.58. The smallest absolute Gasteiger partial charge is 0.326 e. The lowest BCUT2D eigenvalue weighted by Crippen LogP contribution is -2.59. The minimum Gasteiger partial charge on any atom is -0.480 e. The zero-order valence-corrected chi connectivity index (χ0v) is 23.6. The lowest BCUT2D eigenvalue weighted by Gasteiger charge is -2.28. The van der Waals surface area contributed by atoms with E-state index < -0.39 is 47.9 Å². The molecule has 1 heterocycles. The van der Waals surface area contributed by atoms with E-state index in [1.54, 1.807) is 31.8 Å². The maximum Gasteiger partial charge on any atom is 0.326 e. The molecule has 0 saturated heterocycles. The number of hydrogen-bond donors (Lipinski definition) is 6. The molecule has 1 aromatic heterocycles. The minimum atomic E-state index is -1.16. The van der Waals surface area contributed by atoms with Gasteiger partial charge < -0.3 is 31.8 Å². The molecule has 11 heteroatoms. The quantitative estimate of drug-likeness (QED) is 0.198. The maximum atomic E-state index is 13.5. The van der Waals surface area contributed by atoms with Crippen LogP contribution in [0.5, 0.6) is 0 Å². The fourth-order valence-corrected chi connectivity index (χ4v) is 4.59. The van der Waals surface area contributed by atoms with Gasteiger partial charge in [0, 0.05) is 23.5 Å². The molecule has 7 N–H and O–H groups in total. The Morgan fingerprint density at radius 2 is 1.66 bits per heavy atom. The number of aromatic amines is 1. The van der Waals surface area contributed by atoms with Crippen LogP contribution < -0.4 is 21.7 Å². The molecule has 0 fully saturated rings. The Morgan fingerprint density at radius 3 is 2.26 bits per heavy atom. The molecule has 3 amide bonds. The van der Waals surface area contributed by atoms with Crippen LogP contribution in [-0.4, -0.2) is 70.0 Å². The fourth-order valence-electron chi connectivity index (χ4n) is 4.10. The zero-order chi connectivity index (χ0) is 28.4. The molecule has 0 spiro atoms. The summed E-state index contributed by atoms with van der Waals surface area (Å²) < 4.78 is 0. The van der Waals surface area contributed by atoms with Crippen LogP contribution in [0.15, 0.2) is 30.5 Å². The molecule has 2 aromatic rings. The lowest BCUT2D eigenvalue weighted by atomic mass is 9.96. The zero-order valence-electron chi connectivity index (χ0n) is 22.7. The second-order valence-corrected chi connectivity index (χ2v) is 10.9. The molecule has 0 aliphatic rings. The van der Waals surface area contributed by atoms with Gasteiger partial charge in [-0.2, -0.15) is 11.8 Å². The van der Waals surface area contributed by atoms with Crippen molar-refractivity contribution in [2.45, 2.75) is 71.1 Å². The van der Waals surface area contributed by atoms with Gasteiger partial charge in [-0.3, -0.25) is 14.4 Å². The Balaban J connectivity index is 2.32. The molecule has 210 valence electrons. The topological polar surface area (TPSA) is 166 Å². The molecule has 38 heavy (non-hydrogen) atoms. The van der Waals surface area contributed by atoms with Crippen molar-refractivity contribution in [1.29, 1.82) is 0 Å². The summed E-state index contributed by atoms with van der Waals surface area (Å²) in [5, 5.41) is 18.6. The number of para-hydroxylation sites is 1. The second kappa shape index (κ2) is 14.8. The van der Waals surface area contributed by atoms with E-state index in [4.69, 9.17) is 5.73 Å². The second-order valence-electron chi connectivity index (χ2n) is 9.95. The first-order valence-corrected chi connectivity index (χ1v) is 14.3. The first kappa shape index (κ1) is 31.2. The maximum absolute atomic E-state index is 13.5. The van der Waals surface area contributed by atoms with Gasteiger partial charge in [-0.25, -0.2) is 4.79 Å². The molecule has 1 aromatic carbocycles.